The van der Waals surface area contributed by atoms with Crippen molar-refractivity contribution in [2.24, 2.45) is 11.1 Å². The second kappa shape index (κ2) is 7.32. The van der Waals surface area contributed by atoms with Crippen molar-refractivity contribution in [2.45, 2.75) is 31.1 Å². The number of nitrogens with one attached hydrogen (secondary N) is 1. The third-order valence-corrected chi connectivity index (χ3v) is 6.26. The molecule has 5 nitrogen and oxygen atoms in total. The molecule has 0 aliphatic heterocycles. The van der Waals surface area contributed by atoms with E-state index in [0.29, 0.717) is 5.92 Å². The maximum absolute atomic E-state index is 5.16. The maximum Gasteiger partial charge on any atom is 0.117 e. The minimum absolute atomic E-state index is 0.276. The Morgan fingerprint density at radius 3 is 2.66 bits per heavy atom. The molecule has 2 aromatic heterocycles. The molecule has 2 aliphatic rings. The summed E-state index contributed by atoms with van der Waals surface area (Å²) in [6, 6.07) is 14.8. The number of aromatic nitrogens is 3. The lowest BCUT2D eigenvalue weighted by atomic mass is 9.68. The van der Waals surface area contributed by atoms with E-state index in [0.717, 1.165) is 41.9 Å². The molecule has 0 radical (unpaired) electrons. The van der Waals surface area contributed by atoms with E-state index in [4.69, 9.17) is 4.84 Å². The quantitative estimate of drug-likeness (QED) is 0.520. The first-order chi connectivity index (χ1) is 14.3. The Bertz CT molecular complexity index is 1010. The lowest BCUT2D eigenvalue weighted by Gasteiger charge is -2.34. The highest BCUT2D eigenvalue weighted by Gasteiger charge is 2.38. The van der Waals surface area contributed by atoms with Crippen LogP contribution in [0.1, 0.15) is 47.3 Å². The summed E-state index contributed by atoms with van der Waals surface area (Å²) < 4.78 is 0. The monoisotopic (exact) mass is 384 g/mol. The van der Waals surface area contributed by atoms with Gasteiger partial charge in [-0.15, -0.1) is 0 Å². The van der Waals surface area contributed by atoms with Crippen LogP contribution >= 0.6 is 0 Å². The number of benzene rings is 1. The standard InChI is InChI=1S/C24H24N4O/c1-29-28-22(17-7-5-8-17)23-20-12-13-24(15-21(20)26-27-23,18-9-3-2-4-10-18)19-11-6-14-25-16-19/h2-4,6,9-14,16-17H,5,7-8,15H2,1H3,(H,26,27). The molecule has 5 heteroatoms. The normalized spacial score (nSPS) is 21.5. The SMILES string of the molecule is CON=C(c1n[nH]c2c1C=CC(c1ccccc1)(c1cccnc1)C2)C1CCC1. The Hall–Kier alpha value is -3.21. The summed E-state index contributed by atoms with van der Waals surface area (Å²) >= 11 is 0. The fourth-order valence-corrected chi connectivity index (χ4v) is 4.48. The minimum atomic E-state index is -0.276. The minimum Gasteiger partial charge on any atom is -0.399 e. The average molecular weight is 384 g/mol. The fraction of sp³-hybridized carbons (Fsp3) is 0.292. The first-order valence-electron chi connectivity index (χ1n) is 10.2. The van der Waals surface area contributed by atoms with Crippen molar-refractivity contribution in [1.29, 1.82) is 0 Å². The van der Waals surface area contributed by atoms with Crippen molar-refractivity contribution in [3.63, 3.8) is 0 Å². The summed E-state index contributed by atoms with van der Waals surface area (Å²) in [4.78, 5) is 9.55. The summed E-state index contributed by atoms with van der Waals surface area (Å²) in [5.74, 6) is 0.440. The molecule has 146 valence electrons. The molecule has 1 unspecified atom stereocenters. The molecular weight excluding hydrogens is 360 g/mol. The van der Waals surface area contributed by atoms with Crippen LogP contribution in [0.3, 0.4) is 0 Å². The van der Waals surface area contributed by atoms with Crippen molar-refractivity contribution in [1.82, 2.24) is 15.2 Å². The molecule has 2 heterocycles. The van der Waals surface area contributed by atoms with Gasteiger partial charge in [-0.25, -0.2) is 0 Å². The molecule has 1 fully saturated rings. The van der Waals surface area contributed by atoms with E-state index in [2.05, 4.69) is 68.9 Å². The molecule has 0 spiro atoms. The number of hydrogen-bond acceptors (Lipinski definition) is 4. The van der Waals surface area contributed by atoms with Crippen molar-refractivity contribution in [2.75, 3.05) is 7.11 Å². The lowest BCUT2D eigenvalue weighted by molar-refractivity contribution is 0.208. The van der Waals surface area contributed by atoms with Gasteiger partial charge in [0.15, 0.2) is 0 Å². The molecule has 2 aliphatic carbocycles. The molecule has 1 aromatic carbocycles. The highest BCUT2D eigenvalue weighted by molar-refractivity contribution is 6.04. The van der Waals surface area contributed by atoms with Gasteiger partial charge in [0.05, 0.1) is 0 Å². The van der Waals surface area contributed by atoms with Crippen LogP contribution in [0.2, 0.25) is 0 Å². The van der Waals surface area contributed by atoms with E-state index in [1.807, 2.05) is 18.5 Å². The number of fused-ring (bicyclic) bond motifs is 1. The number of rotatable bonds is 5. The zero-order valence-corrected chi connectivity index (χ0v) is 16.5. The van der Waals surface area contributed by atoms with Gasteiger partial charge < -0.3 is 4.84 Å². The molecule has 0 bridgehead atoms. The van der Waals surface area contributed by atoms with Crippen LogP contribution in [0.25, 0.3) is 6.08 Å². The number of allylic oxidation sites excluding steroid dienone is 1. The van der Waals surface area contributed by atoms with Gasteiger partial charge in [-0.3, -0.25) is 10.1 Å². The zero-order chi connectivity index (χ0) is 19.7. The van der Waals surface area contributed by atoms with E-state index >= 15 is 0 Å². The summed E-state index contributed by atoms with van der Waals surface area (Å²) in [7, 11) is 1.61. The largest absolute Gasteiger partial charge is 0.399 e. The maximum atomic E-state index is 5.16. The van der Waals surface area contributed by atoms with Crippen molar-refractivity contribution >= 4 is 11.8 Å². The highest BCUT2D eigenvalue weighted by Crippen LogP contribution is 2.42. The van der Waals surface area contributed by atoms with Gasteiger partial charge in [0.25, 0.3) is 0 Å². The van der Waals surface area contributed by atoms with E-state index in [9.17, 15) is 0 Å². The number of pyridine rings is 1. The predicted molar refractivity (Wildman–Crippen MR) is 114 cm³/mol. The first kappa shape index (κ1) is 17.9. The van der Waals surface area contributed by atoms with Crippen LogP contribution in [0, 0.1) is 5.92 Å². The van der Waals surface area contributed by atoms with E-state index in [1.54, 1.807) is 7.11 Å². The van der Waals surface area contributed by atoms with E-state index in [1.165, 1.54) is 17.5 Å². The summed E-state index contributed by atoms with van der Waals surface area (Å²) in [6.07, 6.45) is 12.6. The predicted octanol–water partition coefficient (Wildman–Crippen LogP) is 4.51. The van der Waals surface area contributed by atoms with Gasteiger partial charge in [0.2, 0.25) is 0 Å². The Morgan fingerprint density at radius 2 is 1.97 bits per heavy atom. The average Bonchev–Trinajstić information content (AvgIpc) is 3.16. The number of hydrogen-bond donors (Lipinski definition) is 1. The summed E-state index contributed by atoms with van der Waals surface area (Å²) in [5, 5.41) is 12.3. The third kappa shape index (κ3) is 2.97. The van der Waals surface area contributed by atoms with Crippen LogP contribution in [-0.2, 0) is 16.7 Å². The van der Waals surface area contributed by atoms with Crippen LogP contribution in [0.4, 0.5) is 0 Å². The smallest absolute Gasteiger partial charge is 0.117 e. The van der Waals surface area contributed by atoms with E-state index < -0.39 is 0 Å². The van der Waals surface area contributed by atoms with E-state index in [-0.39, 0.29) is 5.41 Å². The van der Waals surface area contributed by atoms with Crippen LogP contribution in [-0.4, -0.2) is 28.0 Å². The second-order valence-electron chi connectivity index (χ2n) is 7.84. The molecular formula is C24H24N4O. The Balaban J connectivity index is 1.60. The Kier molecular flexibility index (Phi) is 4.51. The van der Waals surface area contributed by atoms with Crippen LogP contribution in [0.15, 0.2) is 66.1 Å². The highest BCUT2D eigenvalue weighted by atomic mass is 16.6. The topological polar surface area (TPSA) is 63.2 Å². The number of H-pyrrole nitrogens is 1. The van der Waals surface area contributed by atoms with Gasteiger partial charge in [0, 0.05) is 41.4 Å². The lowest BCUT2D eigenvalue weighted by Crippen LogP contribution is -2.31. The van der Waals surface area contributed by atoms with Gasteiger partial charge in [0.1, 0.15) is 18.5 Å². The number of nitrogens with zero attached hydrogens (tertiary/aromatic N) is 3. The number of oxime groups is 1. The molecule has 0 saturated heterocycles. The van der Waals surface area contributed by atoms with Gasteiger partial charge >= 0.3 is 0 Å². The Labute approximate surface area is 170 Å². The van der Waals surface area contributed by atoms with Crippen molar-refractivity contribution in [3.8, 4) is 0 Å². The van der Waals surface area contributed by atoms with Crippen molar-refractivity contribution in [3.05, 3.63) is 89.0 Å². The van der Waals surface area contributed by atoms with Gasteiger partial charge in [-0.1, -0.05) is 60.1 Å². The first-order valence-corrected chi connectivity index (χ1v) is 10.2. The number of aromatic amines is 1. The van der Waals surface area contributed by atoms with Crippen molar-refractivity contribution < 1.29 is 4.84 Å². The molecule has 3 aromatic rings. The van der Waals surface area contributed by atoms with Gasteiger partial charge in [-0.05, 0) is 30.0 Å². The van der Waals surface area contributed by atoms with Gasteiger partial charge in [-0.2, -0.15) is 5.10 Å². The fourth-order valence-electron chi connectivity index (χ4n) is 4.48. The summed E-state index contributed by atoms with van der Waals surface area (Å²) in [6.45, 7) is 0. The molecule has 1 atom stereocenters. The molecule has 29 heavy (non-hydrogen) atoms. The van der Waals surface area contributed by atoms with Crippen LogP contribution < -0.4 is 0 Å². The molecule has 5 rings (SSSR count). The molecule has 1 saturated carbocycles. The Morgan fingerprint density at radius 1 is 1.14 bits per heavy atom. The summed E-state index contributed by atoms with van der Waals surface area (Å²) in [5.41, 5.74) is 6.29. The third-order valence-electron chi connectivity index (χ3n) is 6.26. The zero-order valence-electron chi connectivity index (χ0n) is 16.5. The molecule has 0 amide bonds. The van der Waals surface area contributed by atoms with Crippen LogP contribution in [0.5, 0.6) is 0 Å². The second-order valence-corrected chi connectivity index (χ2v) is 7.84. The molecule has 1 N–H and O–H groups in total.